The smallest absolute Gasteiger partial charge is 1.00 e. The summed E-state index contributed by atoms with van der Waals surface area (Å²) in [5.74, 6) is 3.18. The van der Waals surface area contributed by atoms with Crippen LogP contribution in [0, 0.1) is 13.8 Å². The van der Waals surface area contributed by atoms with Crippen molar-refractivity contribution in [3.05, 3.63) is 57.6 Å². The Balaban J connectivity index is 0. The Hall–Kier alpha value is 0.380. The minimum absolute atomic E-state index is 0. The van der Waals surface area contributed by atoms with Crippen LogP contribution in [0.3, 0.4) is 0 Å². The minimum atomic E-state index is 0. The number of hydrogen-bond acceptors (Lipinski definition) is 0. The van der Waals surface area contributed by atoms with Gasteiger partial charge >= 0.3 is 26.2 Å². The molecule has 2 aromatic carbocycles. The van der Waals surface area contributed by atoms with Gasteiger partial charge in [0.15, 0.2) is 0 Å². The molecule has 4 rings (SSSR count). The molecule has 167 valence electrons. The van der Waals surface area contributed by atoms with E-state index in [0.717, 1.165) is 33.2 Å². The van der Waals surface area contributed by atoms with Gasteiger partial charge in [-0.05, 0) is 24.7 Å². The van der Waals surface area contributed by atoms with Crippen LogP contribution in [0.15, 0.2) is 24.3 Å². The SMILES string of the molecule is C[SiH]C.Cc1cc2c([cH-]1)C(C)CCC2C.Cc1cc2c([cH-]1)C(C)CCC2C.[Cl-].[Cl-].[Zr+4]. The van der Waals surface area contributed by atoms with Crippen LogP contribution >= 0.6 is 0 Å². The second-order valence-electron chi connectivity index (χ2n) is 9.22. The fraction of sp³-hybridized carbons (Fsp3) is 0.615. The summed E-state index contributed by atoms with van der Waals surface area (Å²) < 4.78 is 0. The van der Waals surface area contributed by atoms with Gasteiger partial charge in [0.05, 0.1) is 0 Å². The fourth-order valence-electron chi connectivity index (χ4n) is 4.73. The molecular weight excluding hydrogens is 503 g/mol. The Morgan fingerprint density at radius 2 is 0.933 bits per heavy atom. The van der Waals surface area contributed by atoms with Gasteiger partial charge in [0.1, 0.15) is 0 Å². The summed E-state index contributed by atoms with van der Waals surface area (Å²) in [7, 11) is 0.750. The maximum absolute atomic E-state index is 2.37. The number of aryl methyl sites for hydroxylation is 2. The van der Waals surface area contributed by atoms with E-state index in [-0.39, 0.29) is 51.0 Å². The van der Waals surface area contributed by atoms with Crippen LogP contribution in [0.2, 0.25) is 13.1 Å². The van der Waals surface area contributed by atoms with Crippen molar-refractivity contribution >= 4 is 9.52 Å². The van der Waals surface area contributed by atoms with Crippen LogP contribution in [0.4, 0.5) is 0 Å². The molecule has 0 N–H and O–H groups in total. The summed E-state index contributed by atoms with van der Waals surface area (Å²) in [4.78, 5) is 0. The molecule has 0 amide bonds. The Kier molecular flexibility index (Phi) is 16.6. The molecule has 2 aliphatic rings. The quantitative estimate of drug-likeness (QED) is 0.352. The molecule has 0 nitrogen and oxygen atoms in total. The molecule has 0 heterocycles. The molecule has 1 radical (unpaired) electrons. The topological polar surface area (TPSA) is 0 Å². The normalized spacial score (nSPS) is 23.5. The number of hydrogen-bond donors (Lipinski definition) is 0. The zero-order chi connectivity index (χ0) is 20.1. The fourth-order valence-corrected chi connectivity index (χ4v) is 4.73. The van der Waals surface area contributed by atoms with Gasteiger partial charge in [-0.2, -0.15) is 45.5 Å². The van der Waals surface area contributed by atoms with Gasteiger partial charge in [-0.1, -0.05) is 79.3 Å². The summed E-state index contributed by atoms with van der Waals surface area (Å²) >= 11 is 0. The molecule has 30 heavy (non-hydrogen) atoms. The second kappa shape index (κ2) is 15.3. The Bertz CT molecular complexity index is 603. The van der Waals surface area contributed by atoms with Crippen LogP contribution < -0.4 is 24.8 Å². The Labute approximate surface area is 220 Å². The second-order valence-corrected chi connectivity index (χ2v) is 10.4. The zero-order valence-corrected chi connectivity index (χ0v) is 25.4. The van der Waals surface area contributed by atoms with Crippen molar-refractivity contribution in [1.29, 1.82) is 0 Å². The molecule has 2 aliphatic carbocycles. The molecule has 4 atom stereocenters. The number of fused-ring (bicyclic) bond motifs is 2. The van der Waals surface area contributed by atoms with Crippen molar-refractivity contribution in [3.8, 4) is 0 Å². The standard InChI is InChI=1S/2C12H17.C2H7Si.2ClH.Zr/c2*1-8-6-11-9(2)4-5-10(3)12(11)7-8;1-3-2;;;/h2*6-7,9-10H,4-5H2,1-3H3;3H,1-2H3;2*1H;/q2*-1;;;;+4/p-2. The first-order chi connectivity index (χ1) is 12.8. The largest absolute Gasteiger partial charge is 4.00 e. The van der Waals surface area contributed by atoms with Crippen molar-refractivity contribution in [3.63, 3.8) is 0 Å². The molecule has 0 fully saturated rings. The van der Waals surface area contributed by atoms with E-state index < -0.39 is 0 Å². The van der Waals surface area contributed by atoms with Gasteiger partial charge in [-0.15, -0.1) is 0 Å². The summed E-state index contributed by atoms with van der Waals surface area (Å²) in [6.45, 7) is 18.2. The van der Waals surface area contributed by atoms with E-state index >= 15 is 0 Å². The summed E-state index contributed by atoms with van der Waals surface area (Å²) in [5.41, 5.74) is 9.36. The van der Waals surface area contributed by atoms with Gasteiger partial charge in [-0.3, -0.25) is 0 Å². The third-order valence-electron chi connectivity index (χ3n) is 6.39. The van der Waals surface area contributed by atoms with E-state index in [4.69, 9.17) is 0 Å². The number of halogens is 2. The molecule has 0 spiro atoms. The van der Waals surface area contributed by atoms with E-state index in [0.29, 0.717) is 0 Å². The van der Waals surface area contributed by atoms with Gasteiger partial charge < -0.3 is 24.8 Å². The summed E-state index contributed by atoms with van der Waals surface area (Å²) in [6.07, 6.45) is 5.49. The number of rotatable bonds is 0. The summed E-state index contributed by atoms with van der Waals surface area (Å²) in [5, 5.41) is 0. The molecular formula is C26H41Cl2SiZr. The van der Waals surface area contributed by atoms with Crippen LogP contribution in [0.5, 0.6) is 0 Å². The van der Waals surface area contributed by atoms with Crippen molar-refractivity contribution in [2.24, 2.45) is 0 Å². The van der Waals surface area contributed by atoms with Gasteiger partial charge in [0.2, 0.25) is 0 Å². The van der Waals surface area contributed by atoms with Crippen molar-refractivity contribution in [2.45, 2.75) is 104 Å². The maximum atomic E-state index is 2.37. The Morgan fingerprint density at radius 1 is 0.667 bits per heavy atom. The van der Waals surface area contributed by atoms with E-state index in [1.807, 2.05) is 0 Å². The zero-order valence-electron chi connectivity index (χ0n) is 20.3. The maximum Gasteiger partial charge on any atom is 4.00 e. The molecule has 0 aromatic heterocycles. The van der Waals surface area contributed by atoms with Gasteiger partial charge in [0, 0.05) is 9.52 Å². The first-order valence-corrected chi connectivity index (χ1v) is 13.4. The average molecular weight is 544 g/mol. The predicted octanol–water partition coefficient (Wildman–Crippen LogP) is 1.95. The van der Waals surface area contributed by atoms with Crippen LogP contribution in [-0.2, 0) is 26.2 Å². The predicted molar refractivity (Wildman–Crippen MR) is 125 cm³/mol. The monoisotopic (exact) mass is 541 g/mol. The van der Waals surface area contributed by atoms with E-state index in [1.165, 1.54) is 36.8 Å². The average Bonchev–Trinajstić information content (AvgIpc) is 3.20. The van der Waals surface area contributed by atoms with E-state index in [2.05, 4.69) is 78.9 Å². The van der Waals surface area contributed by atoms with Gasteiger partial charge in [0.25, 0.3) is 0 Å². The summed E-state index contributed by atoms with van der Waals surface area (Å²) in [6, 6.07) is 9.48. The first-order valence-electron chi connectivity index (χ1n) is 11.1. The molecule has 0 aliphatic heterocycles. The Morgan fingerprint density at radius 3 is 1.20 bits per heavy atom. The molecule has 4 heteroatoms. The third-order valence-corrected chi connectivity index (χ3v) is 6.39. The van der Waals surface area contributed by atoms with Crippen LogP contribution in [0.1, 0.15) is 110 Å². The molecule has 0 saturated carbocycles. The van der Waals surface area contributed by atoms with Gasteiger partial charge in [-0.25, -0.2) is 12.1 Å². The third kappa shape index (κ3) is 8.38. The van der Waals surface area contributed by atoms with Crippen molar-refractivity contribution in [2.75, 3.05) is 0 Å². The van der Waals surface area contributed by atoms with Crippen LogP contribution in [0.25, 0.3) is 0 Å². The molecule has 4 unspecified atom stereocenters. The molecule has 2 aromatic rings. The van der Waals surface area contributed by atoms with Crippen LogP contribution in [-0.4, -0.2) is 9.52 Å². The molecule has 0 bridgehead atoms. The first kappa shape index (κ1) is 32.6. The van der Waals surface area contributed by atoms with E-state index in [9.17, 15) is 0 Å². The van der Waals surface area contributed by atoms with E-state index in [1.54, 1.807) is 22.3 Å². The molecule has 0 saturated heterocycles. The minimum Gasteiger partial charge on any atom is -1.00 e. The van der Waals surface area contributed by atoms with Crippen molar-refractivity contribution in [1.82, 2.24) is 0 Å². The van der Waals surface area contributed by atoms with Crippen molar-refractivity contribution < 1.29 is 51.0 Å².